The Morgan fingerprint density at radius 1 is 0.971 bits per heavy atom. The number of amides is 2. The van der Waals surface area contributed by atoms with Gasteiger partial charge in [0.25, 0.3) is 5.91 Å². The molecule has 182 valence electrons. The third kappa shape index (κ3) is 4.46. The van der Waals surface area contributed by atoms with E-state index in [0.29, 0.717) is 34.2 Å². The second-order valence-corrected chi connectivity index (χ2v) is 8.92. The van der Waals surface area contributed by atoms with E-state index in [-0.39, 0.29) is 17.4 Å². The molecule has 0 unspecified atom stereocenters. The van der Waals surface area contributed by atoms with Gasteiger partial charge in [0, 0.05) is 23.9 Å². The molecule has 3 aromatic rings. The van der Waals surface area contributed by atoms with Crippen LogP contribution in [0, 0.1) is 5.82 Å². The quantitative estimate of drug-likeness (QED) is 0.509. The average molecular weight is 477 g/mol. The van der Waals surface area contributed by atoms with Gasteiger partial charge < -0.3 is 19.7 Å². The lowest BCUT2D eigenvalue weighted by atomic mass is 9.79. The number of benzene rings is 3. The minimum atomic E-state index is -0.894. The van der Waals surface area contributed by atoms with E-state index in [4.69, 9.17) is 9.47 Å². The van der Waals surface area contributed by atoms with Gasteiger partial charge in [-0.25, -0.2) is 4.39 Å². The van der Waals surface area contributed by atoms with Crippen molar-refractivity contribution in [3.63, 3.8) is 0 Å². The fourth-order valence-corrected chi connectivity index (χ4v) is 4.61. The Morgan fingerprint density at radius 2 is 1.60 bits per heavy atom. The number of methoxy groups -OCH3 is 2. The van der Waals surface area contributed by atoms with Crippen LogP contribution in [0.4, 0.5) is 10.1 Å². The second kappa shape index (κ2) is 9.78. The molecule has 2 amide bonds. The van der Waals surface area contributed by atoms with Crippen LogP contribution in [0.15, 0.2) is 60.7 Å². The van der Waals surface area contributed by atoms with Gasteiger partial charge in [-0.15, -0.1) is 0 Å². The molecular formula is C28H29FN2O4. The molecule has 35 heavy (non-hydrogen) atoms. The van der Waals surface area contributed by atoms with Crippen LogP contribution in [0.2, 0.25) is 0 Å². The second-order valence-electron chi connectivity index (χ2n) is 8.92. The fraction of sp³-hybridized carbons (Fsp3) is 0.286. The van der Waals surface area contributed by atoms with Gasteiger partial charge >= 0.3 is 0 Å². The Labute approximate surface area is 204 Å². The van der Waals surface area contributed by atoms with E-state index < -0.39 is 17.8 Å². The van der Waals surface area contributed by atoms with Gasteiger partial charge in [0.2, 0.25) is 5.91 Å². The van der Waals surface area contributed by atoms with E-state index in [0.717, 1.165) is 5.56 Å². The molecule has 7 heteroatoms. The highest BCUT2D eigenvalue weighted by molar-refractivity contribution is 6.05. The zero-order chi connectivity index (χ0) is 25.3. The first kappa shape index (κ1) is 24.3. The number of rotatable bonds is 6. The molecule has 0 saturated heterocycles. The predicted octanol–water partition coefficient (Wildman–Crippen LogP) is 5.52. The molecule has 3 aromatic carbocycles. The zero-order valence-electron chi connectivity index (χ0n) is 20.5. The molecule has 0 aliphatic carbocycles. The van der Waals surface area contributed by atoms with Crippen molar-refractivity contribution in [1.82, 2.24) is 4.90 Å². The molecule has 6 nitrogen and oxygen atoms in total. The number of hydrogen-bond donors (Lipinski definition) is 1. The molecule has 0 bridgehead atoms. The van der Waals surface area contributed by atoms with Gasteiger partial charge in [-0.05, 0) is 47.4 Å². The summed E-state index contributed by atoms with van der Waals surface area (Å²) in [6.07, 6.45) is 0. The first-order valence-corrected chi connectivity index (χ1v) is 11.4. The van der Waals surface area contributed by atoms with Gasteiger partial charge in [-0.3, -0.25) is 9.59 Å². The van der Waals surface area contributed by atoms with Gasteiger partial charge in [-0.2, -0.15) is 0 Å². The maximum atomic E-state index is 15.0. The van der Waals surface area contributed by atoms with E-state index in [1.165, 1.54) is 25.2 Å². The average Bonchev–Trinajstić information content (AvgIpc) is 2.86. The van der Waals surface area contributed by atoms with Crippen LogP contribution in [0.3, 0.4) is 0 Å². The summed E-state index contributed by atoms with van der Waals surface area (Å²) in [5, 5.41) is 2.97. The Kier molecular flexibility index (Phi) is 6.78. The molecule has 2 atom stereocenters. The van der Waals surface area contributed by atoms with Gasteiger partial charge in [0.15, 0.2) is 11.5 Å². The summed E-state index contributed by atoms with van der Waals surface area (Å²) in [5.41, 5.74) is 2.80. The molecular weight excluding hydrogens is 447 g/mol. The van der Waals surface area contributed by atoms with Crippen LogP contribution in [-0.4, -0.2) is 38.0 Å². The van der Waals surface area contributed by atoms with E-state index in [1.807, 2.05) is 24.3 Å². The normalized spacial score (nSPS) is 17.2. The number of carbonyl (C=O) groups excluding carboxylic acids is 2. The Bertz CT molecular complexity index is 1260. The van der Waals surface area contributed by atoms with Gasteiger partial charge in [-0.1, -0.05) is 44.2 Å². The van der Waals surface area contributed by atoms with Crippen molar-refractivity contribution in [2.75, 3.05) is 26.6 Å². The topological polar surface area (TPSA) is 67.9 Å². The van der Waals surface area contributed by atoms with Gasteiger partial charge in [0.1, 0.15) is 5.82 Å². The first-order valence-electron chi connectivity index (χ1n) is 11.4. The molecule has 0 spiro atoms. The van der Waals surface area contributed by atoms with E-state index in [1.54, 1.807) is 37.4 Å². The molecule has 1 aliphatic rings. The molecule has 4 rings (SSSR count). The van der Waals surface area contributed by atoms with Crippen LogP contribution >= 0.6 is 0 Å². The number of nitrogens with zero attached hydrogens (tertiary/aromatic N) is 1. The monoisotopic (exact) mass is 476 g/mol. The summed E-state index contributed by atoms with van der Waals surface area (Å²) < 4.78 is 25.8. The van der Waals surface area contributed by atoms with Crippen LogP contribution in [-0.2, 0) is 4.79 Å². The van der Waals surface area contributed by atoms with E-state index in [2.05, 4.69) is 19.2 Å². The van der Waals surface area contributed by atoms with Crippen LogP contribution < -0.4 is 14.8 Å². The predicted molar refractivity (Wildman–Crippen MR) is 133 cm³/mol. The van der Waals surface area contributed by atoms with Crippen molar-refractivity contribution in [2.45, 2.75) is 31.7 Å². The van der Waals surface area contributed by atoms with Crippen molar-refractivity contribution in [1.29, 1.82) is 0 Å². The third-order valence-electron chi connectivity index (χ3n) is 6.53. The van der Waals surface area contributed by atoms with Crippen LogP contribution in [0.25, 0.3) is 0 Å². The Hall–Kier alpha value is -3.87. The summed E-state index contributed by atoms with van der Waals surface area (Å²) >= 11 is 0. The largest absolute Gasteiger partial charge is 0.493 e. The number of ether oxygens (including phenoxy) is 2. The smallest absolute Gasteiger partial charge is 0.254 e. The van der Waals surface area contributed by atoms with Crippen molar-refractivity contribution < 1.29 is 23.5 Å². The minimum absolute atomic E-state index is 0.263. The van der Waals surface area contributed by atoms with E-state index in [9.17, 15) is 14.0 Å². The number of halogens is 1. The third-order valence-corrected chi connectivity index (χ3v) is 6.53. The number of anilines is 1. The molecule has 1 N–H and O–H groups in total. The van der Waals surface area contributed by atoms with Crippen molar-refractivity contribution in [3.8, 4) is 11.5 Å². The van der Waals surface area contributed by atoms with Crippen molar-refractivity contribution in [2.24, 2.45) is 0 Å². The summed E-state index contributed by atoms with van der Waals surface area (Å²) in [6, 6.07) is 16.2. The molecule has 1 aliphatic heterocycles. The molecule has 0 aromatic heterocycles. The maximum absolute atomic E-state index is 15.0. The number of fused-ring (bicyclic) bond motifs is 1. The van der Waals surface area contributed by atoms with Crippen LogP contribution in [0.1, 0.15) is 58.8 Å². The number of nitrogens with one attached hydrogen (secondary N) is 1. The summed E-state index contributed by atoms with van der Waals surface area (Å²) in [6.45, 7) is 4.19. The Morgan fingerprint density at radius 3 is 2.20 bits per heavy atom. The minimum Gasteiger partial charge on any atom is -0.493 e. The summed E-state index contributed by atoms with van der Waals surface area (Å²) in [7, 11) is 4.55. The number of hydrogen-bond acceptors (Lipinski definition) is 4. The summed E-state index contributed by atoms with van der Waals surface area (Å²) in [5.74, 6) is -0.953. The lowest BCUT2D eigenvalue weighted by Gasteiger charge is -2.40. The highest BCUT2D eigenvalue weighted by Gasteiger charge is 2.44. The summed E-state index contributed by atoms with van der Waals surface area (Å²) in [4.78, 5) is 28.6. The number of carbonyl (C=O) groups is 2. The van der Waals surface area contributed by atoms with Gasteiger partial charge in [0.05, 0.1) is 26.2 Å². The molecule has 0 radical (unpaired) electrons. The zero-order valence-corrected chi connectivity index (χ0v) is 20.5. The van der Waals surface area contributed by atoms with Crippen LogP contribution in [0.5, 0.6) is 11.5 Å². The SMILES string of the molecule is COc1cc2c(cc1OC)[C@@H](C(=O)Nc1ccc(C(C)C)cc1)[C@H](c1ccccc1F)N(C)C2=O. The van der Waals surface area contributed by atoms with E-state index >= 15 is 0 Å². The Balaban J connectivity index is 1.85. The fourth-order valence-electron chi connectivity index (χ4n) is 4.61. The highest BCUT2D eigenvalue weighted by atomic mass is 19.1. The number of likely N-dealkylation sites (N-methyl/N-ethyl adjacent to an activating group) is 1. The van der Waals surface area contributed by atoms with Crippen molar-refractivity contribution >= 4 is 17.5 Å². The standard InChI is InChI=1S/C28H29FN2O4/c1-16(2)17-10-12-18(13-11-17)30-27(32)25-20-14-23(34-4)24(35-5)15-21(20)28(33)31(3)26(25)19-8-6-7-9-22(19)29/h6-16,25-26H,1-5H3,(H,30,32)/t25-,26+/m1/s1. The molecule has 0 fully saturated rings. The maximum Gasteiger partial charge on any atom is 0.254 e. The lowest BCUT2D eigenvalue weighted by molar-refractivity contribution is -0.119. The highest BCUT2D eigenvalue weighted by Crippen LogP contribution is 2.46. The lowest BCUT2D eigenvalue weighted by Crippen LogP contribution is -2.44. The first-order chi connectivity index (χ1) is 16.8. The van der Waals surface area contributed by atoms with Crippen molar-refractivity contribution in [3.05, 3.63) is 88.7 Å². The molecule has 0 saturated carbocycles. The molecule has 1 heterocycles.